The lowest BCUT2D eigenvalue weighted by Crippen LogP contribution is -2.26. The third-order valence-electron chi connectivity index (χ3n) is 4.46. The fourth-order valence-electron chi connectivity index (χ4n) is 3.09. The van der Waals surface area contributed by atoms with Gasteiger partial charge in [-0.15, -0.1) is 5.10 Å². The standard InChI is InChI=1S/C21H19N5O2/c1-25(14-18-12-13-22-28-18)21(27)19-15-26(24-23-19)20(16-8-4-2-5-9-16)17-10-6-3-7-11-17/h2-13,15,20H,14H2,1H3. The van der Waals surface area contributed by atoms with Gasteiger partial charge in [0.15, 0.2) is 11.5 Å². The third kappa shape index (κ3) is 3.68. The minimum atomic E-state index is -0.234. The van der Waals surface area contributed by atoms with Crippen LogP contribution in [0.5, 0.6) is 0 Å². The van der Waals surface area contributed by atoms with Crippen molar-refractivity contribution in [3.8, 4) is 0 Å². The second kappa shape index (κ2) is 7.87. The number of aromatic nitrogens is 4. The first-order valence-electron chi connectivity index (χ1n) is 8.89. The van der Waals surface area contributed by atoms with Crippen molar-refractivity contribution in [3.63, 3.8) is 0 Å². The van der Waals surface area contributed by atoms with E-state index in [0.717, 1.165) is 11.1 Å². The number of nitrogens with zero attached hydrogens (tertiary/aromatic N) is 5. The Morgan fingerprint density at radius 2 is 1.68 bits per heavy atom. The Balaban J connectivity index is 1.62. The minimum absolute atomic E-state index is 0.170. The van der Waals surface area contributed by atoms with Gasteiger partial charge in [-0.2, -0.15) is 0 Å². The highest BCUT2D eigenvalue weighted by atomic mass is 16.5. The van der Waals surface area contributed by atoms with E-state index >= 15 is 0 Å². The Morgan fingerprint density at radius 3 is 2.25 bits per heavy atom. The topological polar surface area (TPSA) is 77.0 Å². The first-order chi connectivity index (χ1) is 13.7. The molecule has 0 bridgehead atoms. The van der Waals surface area contributed by atoms with E-state index in [1.807, 2.05) is 60.7 Å². The van der Waals surface area contributed by atoms with Crippen LogP contribution in [-0.2, 0) is 6.54 Å². The number of hydrogen-bond acceptors (Lipinski definition) is 5. The lowest BCUT2D eigenvalue weighted by Gasteiger charge is -2.18. The molecule has 0 atom stereocenters. The minimum Gasteiger partial charge on any atom is -0.360 e. The summed E-state index contributed by atoms with van der Waals surface area (Å²) < 4.78 is 6.79. The van der Waals surface area contributed by atoms with Gasteiger partial charge in [0.2, 0.25) is 0 Å². The number of benzene rings is 2. The van der Waals surface area contributed by atoms with Crippen molar-refractivity contribution in [2.75, 3.05) is 7.05 Å². The van der Waals surface area contributed by atoms with Crippen molar-refractivity contribution in [2.24, 2.45) is 0 Å². The molecule has 2 aromatic heterocycles. The molecule has 0 saturated carbocycles. The Bertz CT molecular complexity index is 990. The molecule has 0 aliphatic carbocycles. The Hall–Kier alpha value is -3.74. The van der Waals surface area contributed by atoms with Crippen molar-refractivity contribution < 1.29 is 9.32 Å². The lowest BCUT2D eigenvalue weighted by atomic mass is 9.99. The van der Waals surface area contributed by atoms with Gasteiger partial charge in [0, 0.05) is 13.1 Å². The fraction of sp³-hybridized carbons (Fsp3) is 0.143. The van der Waals surface area contributed by atoms with E-state index < -0.39 is 0 Å². The molecule has 4 aromatic rings. The van der Waals surface area contributed by atoms with Gasteiger partial charge < -0.3 is 9.42 Å². The maximum atomic E-state index is 12.7. The van der Waals surface area contributed by atoms with E-state index in [1.165, 1.54) is 4.90 Å². The first kappa shape index (κ1) is 17.7. The molecule has 0 spiro atoms. The zero-order chi connectivity index (χ0) is 19.3. The average Bonchev–Trinajstić information content (AvgIpc) is 3.42. The summed E-state index contributed by atoms with van der Waals surface area (Å²) in [6.45, 7) is 0.312. The zero-order valence-corrected chi connectivity index (χ0v) is 15.3. The molecule has 0 unspecified atom stereocenters. The highest BCUT2D eigenvalue weighted by Gasteiger charge is 2.22. The summed E-state index contributed by atoms with van der Waals surface area (Å²) in [4.78, 5) is 14.3. The van der Waals surface area contributed by atoms with Gasteiger partial charge in [-0.05, 0) is 11.1 Å². The molecule has 0 aliphatic rings. The van der Waals surface area contributed by atoms with Crippen molar-refractivity contribution in [1.29, 1.82) is 0 Å². The van der Waals surface area contributed by atoms with Crippen LogP contribution >= 0.6 is 0 Å². The highest BCUT2D eigenvalue weighted by molar-refractivity contribution is 5.91. The average molecular weight is 373 g/mol. The van der Waals surface area contributed by atoms with E-state index in [1.54, 1.807) is 30.2 Å². The van der Waals surface area contributed by atoms with Gasteiger partial charge in [-0.1, -0.05) is 71.0 Å². The van der Waals surface area contributed by atoms with Crippen LogP contribution in [0.3, 0.4) is 0 Å². The SMILES string of the molecule is CN(Cc1ccno1)C(=O)c1cn(C(c2ccccc2)c2ccccc2)nn1. The quantitative estimate of drug-likeness (QED) is 0.519. The van der Waals surface area contributed by atoms with Crippen molar-refractivity contribution in [1.82, 2.24) is 25.1 Å². The summed E-state index contributed by atoms with van der Waals surface area (Å²) in [6, 6.07) is 21.6. The van der Waals surface area contributed by atoms with Crippen molar-refractivity contribution >= 4 is 5.91 Å². The zero-order valence-electron chi connectivity index (χ0n) is 15.3. The van der Waals surface area contributed by atoms with Crippen LogP contribution in [0.25, 0.3) is 0 Å². The molecular weight excluding hydrogens is 354 g/mol. The molecule has 0 fully saturated rings. The van der Waals surface area contributed by atoms with Gasteiger partial charge in [0.05, 0.1) is 18.9 Å². The van der Waals surface area contributed by atoms with Crippen LogP contribution in [0.2, 0.25) is 0 Å². The molecule has 0 radical (unpaired) electrons. The maximum Gasteiger partial charge on any atom is 0.276 e. The summed E-state index contributed by atoms with van der Waals surface area (Å²) in [6.07, 6.45) is 3.23. The number of rotatable bonds is 6. The predicted octanol–water partition coefficient (Wildman–Crippen LogP) is 3.18. The molecule has 140 valence electrons. The summed E-state index contributed by atoms with van der Waals surface area (Å²) in [5.74, 6) is 0.372. The maximum absolute atomic E-state index is 12.7. The summed E-state index contributed by atoms with van der Waals surface area (Å²) in [7, 11) is 1.69. The molecule has 0 aliphatic heterocycles. The van der Waals surface area contributed by atoms with Crippen LogP contribution in [0.4, 0.5) is 0 Å². The molecule has 2 heterocycles. The lowest BCUT2D eigenvalue weighted by molar-refractivity contribution is 0.0766. The third-order valence-corrected chi connectivity index (χ3v) is 4.46. The normalized spacial score (nSPS) is 10.9. The largest absolute Gasteiger partial charge is 0.360 e. The first-order valence-corrected chi connectivity index (χ1v) is 8.89. The molecule has 0 N–H and O–H groups in total. The monoisotopic (exact) mass is 373 g/mol. The van der Waals surface area contributed by atoms with Crippen molar-refractivity contribution in [2.45, 2.75) is 12.6 Å². The van der Waals surface area contributed by atoms with Gasteiger partial charge >= 0.3 is 0 Å². The molecule has 1 amide bonds. The van der Waals surface area contributed by atoms with Crippen LogP contribution in [-0.4, -0.2) is 38.0 Å². The number of hydrogen-bond donors (Lipinski definition) is 0. The van der Waals surface area contributed by atoms with Crippen LogP contribution in [0.15, 0.2) is 83.6 Å². The van der Waals surface area contributed by atoms with Gasteiger partial charge in [-0.3, -0.25) is 4.79 Å². The van der Waals surface area contributed by atoms with Crippen LogP contribution in [0, 0.1) is 0 Å². The second-order valence-electron chi connectivity index (χ2n) is 6.45. The summed E-state index contributed by atoms with van der Waals surface area (Å²) in [5.41, 5.74) is 2.40. The molecule has 0 saturated heterocycles. The van der Waals surface area contributed by atoms with Crippen molar-refractivity contribution in [3.05, 3.63) is 102 Å². The van der Waals surface area contributed by atoms with Gasteiger partial charge in [-0.25, -0.2) is 4.68 Å². The van der Waals surface area contributed by atoms with Gasteiger partial charge in [0.1, 0.15) is 6.04 Å². The number of carbonyl (C=O) groups is 1. The predicted molar refractivity (Wildman–Crippen MR) is 102 cm³/mol. The molecule has 7 heteroatoms. The van der Waals surface area contributed by atoms with Crippen LogP contribution in [0.1, 0.15) is 33.4 Å². The Kier molecular flexibility index (Phi) is 4.97. The van der Waals surface area contributed by atoms with E-state index in [4.69, 9.17) is 4.52 Å². The van der Waals surface area contributed by atoms with E-state index in [9.17, 15) is 4.79 Å². The van der Waals surface area contributed by atoms with E-state index in [0.29, 0.717) is 12.3 Å². The Labute approximate surface area is 162 Å². The number of carbonyl (C=O) groups excluding carboxylic acids is 1. The Morgan fingerprint density at radius 1 is 1.04 bits per heavy atom. The van der Waals surface area contributed by atoms with Gasteiger partial charge in [0.25, 0.3) is 5.91 Å². The van der Waals surface area contributed by atoms with Crippen LogP contribution < -0.4 is 0 Å². The molecule has 7 nitrogen and oxygen atoms in total. The molecular formula is C21H19N5O2. The smallest absolute Gasteiger partial charge is 0.276 e. The van der Waals surface area contributed by atoms with E-state index in [-0.39, 0.29) is 17.6 Å². The fourth-order valence-corrected chi connectivity index (χ4v) is 3.09. The summed E-state index contributed by atoms with van der Waals surface area (Å²) >= 11 is 0. The van der Waals surface area contributed by atoms with E-state index in [2.05, 4.69) is 15.5 Å². The summed E-state index contributed by atoms with van der Waals surface area (Å²) in [5, 5.41) is 12.0. The molecule has 28 heavy (non-hydrogen) atoms. The number of amides is 1. The molecule has 2 aromatic carbocycles. The molecule has 4 rings (SSSR count). The second-order valence-corrected chi connectivity index (χ2v) is 6.45. The highest BCUT2D eigenvalue weighted by Crippen LogP contribution is 2.25.